The summed E-state index contributed by atoms with van der Waals surface area (Å²) in [5, 5.41) is 6.69. The largest absolute Gasteiger partial charge is 0.360 e. The van der Waals surface area contributed by atoms with Gasteiger partial charge in [-0.25, -0.2) is 8.42 Å². The van der Waals surface area contributed by atoms with E-state index in [4.69, 9.17) is 16.1 Å². The molecule has 7 nitrogen and oxygen atoms in total. The van der Waals surface area contributed by atoms with Crippen LogP contribution in [0.3, 0.4) is 0 Å². The Morgan fingerprint density at radius 3 is 2.52 bits per heavy atom. The smallest absolute Gasteiger partial charge is 0.232 e. The number of nitrogens with one attached hydrogen (secondary N) is 1. The normalized spacial score (nSPS) is 11.3. The molecule has 9 heteroatoms. The maximum absolute atomic E-state index is 11.9. The Kier molecular flexibility index (Phi) is 5.27. The summed E-state index contributed by atoms with van der Waals surface area (Å²) >= 11 is 5.80. The van der Waals surface area contributed by atoms with Crippen molar-refractivity contribution >= 4 is 39.0 Å². The molecule has 0 bridgehead atoms. The molecule has 2 rings (SSSR count). The average molecular weight is 358 g/mol. The molecule has 0 atom stereocenters. The molecule has 23 heavy (non-hydrogen) atoms. The van der Waals surface area contributed by atoms with E-state index in [0.29, 0.717) is 22.3 Å². The van der Waals surface area contributed by atoms with E-state index in [0.717, 1.165) is 10.6 Å². The molecule has 0 aliphatic heterocycles. The fourth-order valence-corrected chi connectivity index (χ4v) is 2.98. The molecule has 0 saturated carbocycles. The first-order valence-electron chi connectivity index (χ1n) is 6.72. The van der Waals surface area contributed by atoms with E-state index in [-0.39, 0.29) is 18.9 Å². The minimum atomic E-state index is -3.52. The predicted molar refractivity (Wildman–Crippen MR) is 88.1 cm³/mol. The molecule has 0 fully saturated rings. The van der Waals surface area contributed by atoms with Crippen LogP contribution < -0.4 is 9.62 Å². The molecule has 1 heterocycles. The second-order valence-electron chi connectivity index (χ2n) is 4.93. The van der Waals surface area contributed by atoms with Crippen molar-refractivity contribution in [3.63, 3.8) is 0 Å². The molecule has 0 radical (unpaired) electrons. The number of carbonyl (C=O) groups excluding carboxylic acids is 1. The zero-order valence-corrected chi connectivity index (χ0v) is 14.2. The lowest BCUT2D eigenvalue weighted by molar-refractivity contribution is -0.116. The summed E-state index contributed by atoms with van der Waals surface area (Å²) in [6, 6.07) is 7.93. The van der Waals surface area contributed by atoms with Crippen LogP contribution in [0, 0.1) is 6.92 Å². The second kappa shape index (κ2) is 7.01. The van der Waals surface area contributed by atoms with Crippen molar-refractivity contribution in [2.75, 3.05) is 22.4 Å². The number of hydrogen-bond acceptors (Lipinski definition) is 5. The van der Waals surface area contributed by atoms with Gasteiger partial charge in [-0.15, -0.1) is 0 Å². The van der Waals surface area contributed by atoms with Gasteiger partial charge in [0.05, 0.1) is 11.9 Å². The van der Waals surface area contributed by atoms with Crippen LogP contribution in [0.15, 0.2) is 34.9 Å². The van der Waals surface area contributed by atoms with Crippen LogP contribution >= 0.6 is 11.6 Å². The van der Waals surface area contributed by atoms with Gasteiger partial charge in [-0.05, 0) is 31.2 Å². The van der Waals surface area contributed by atoms with Crippen LogP contribution in [-0.4, -0.2) is 32.3 Å². The van der Waals surface area contributed by atoms with Crippen molar-refractivity contribution in [2.45, 2.75) is 13.3 Å². The van der Waals surface area contributed by atoms with E-state index in [1.807, 2.05) is 0 Å². The van der Waals surface area contributed by atoms with E-state index in [2.05, 4.69) is 10.5 Å². The van der Waals surface area contributed by atoms with Gasteiger partial charge in [-0.2, -0.15) is 0 Å². The molecular formula is C14H16ClN3O4S. The number of nitrogens with zero attached hydrogens (tertiary/aromatic N) is 2. The van der Waals surface area contributed by atoms with Gasteiger partial charge in [-0.1, -0.05) is 16.8 Å². The van der Waals surface area contributed by atoms with Gasteiger partial charge in [0.25, 0.3) is 0 Å². The molecule has 0 unspecified atom stereocenters. The summed E-state index contributed by atoms with van der Waals surface area (Å²) in [6.45, 7) is 1.71. The van der Waals surface area contributed by atoms with E-state index < -0.39 is 10.0 Å². The number of anilines is 2. The topological polar surface area (TPSA) is 92.5 Å². The van der Waals surface area contributed by atoms with Crippen molar-refractivity contribution < 1.29 is 17.7 Å². The summed E-state index contributed by atoms with van der Waals surface area (Å²) in [5.41, 5.74) is 0.446. The number of amides is 1. The minimum absolute atomic E-state index is 0.00311. The number of halogens is 1. The van der Waals surface area contributed by atoms with E-state index in [9.17, 15) is 13.2 Å². The molecule has 0 saturated heterocycles. The summed E-state index contributed by atoms with van der Waals surface area (Å²) in [4.78, 5) is 11.9. The molecule has 2 aromatic rings. The second-order valence-corrected chi connectivity index (χ2v) is 7.28. The standard InChI is InChI=1S/C14H16ClN3O4S/c1-10-9-13(17-22-10)16-14(19)7-8-18(23(2,20)21)12-5-3-11(15)4-6-12/h3-6,9H,7-8H2,1-2H3,(H,16,17,19). The monoisotopic (exact) mass is 357 g/mol. The van der Waals surface area contributed by atoms with Crippen molar-refractivity contribution in [3.8, 4) is 0 Å². The van der Waals surface area contributed by atoms with Crippen molar-refractivity contribution in [1.82, 2.24) is 5.16 Å². The van der Waals surface area contributed by atoms with Gasteiger partial charge >= 0.3 is 0 Å². The third-order valence-electron chi connectivity index (χ3n) is 2.95. The predicted octanol–water partition coefficient (Wildman–Crippen LogP) is 2.43. The third-order valence-corrected chi connectivity index (χ3v) is 4.40. The highest BCUT2D eigenvalue weighted by molar-refractivity contribution is 7.92. The Morgan fingerprint density at radius 1 is 1.35 bits per heavy atom. The third kappa shape index (κ3) is 4.97. The van der Waals surface area contributed by atoms with Gasteiger partial charge in [0.1, 0.15) is 5.76 Å². The first-order chi connectivity index (χ1) is 10.8. The Balaban J connectivity index is 2.04. The first kappa shape index (κ1) is 17.3. The van der Waals surface area contributed by atoms with E-state index >= 15 is 0 Å². The molecule has 1 N–H and O–H groups in total. The minimum Gasteiger partial charge on any atom is -0.360 e. The highest BCUT2D eigenvalue weighted by Gasteiger charge is 2.19. The highest BCUT2D eigenvalue weighted by Crippen LogP contribution is 2.20. The number of aromatic nitrogens is 1. The SMILES string of the molecule is Cc1cc(NC(=O)CCN(c2ccc(Cl)cc2)S(C)(=O)=O)no1. The zero-order chi connectivity index (χ0) is 17.0. The Bertz CT molecular complexity index is 787. The highest BCUT2D eigenvalue weighted by atomic mass is 35.5. The number of hydrogen-bond donors (Lipinski definition) is 1. The first-order valence-corrected chi connectivity index (χ1v) is 8.95. The Morgan fingerprint density at radius 2 is 2.00 bits per heavy atom. The number of carbonyl (C=O) groups is 1. The van der Waals surface area contributed by atoms with Crippen molar-refractivity contribution in [3.05, 3.63) is 41.1 Å². The molecule has 0 aliphatic carbocycles. The van der Waals surface area contributed by atoms with Crippen LogP contribution in [0.5, 0.6) is 0 Å². The van der Waals surface area contributed by atoms with Gasteiger partial charge in [0, 0.05) is 24.1 Å². The molecule has 1 aromatic heterocycles. The molecule has 124 valence electrons. The van der Waals surface area contributed by atoms with Gasteiger partial charge in [0.2, 0.25) is 15.9 Å². The summed E-state index contributed by atoms with van der Waals surface area (Å²) in [6.07, 6.45) is 1.06. The van der Waals surface area contributed by atoms with Crippen LogP contribution in [0.25, 0.3) is 0 Å². The fraction of sp³-hybridized carbons (Fsp3) is 0.286. The molecule has 0 aliphatic rings. The van der Waals surface area contributed by atoms with Gasteiger partial charge < -0.3 is 9.84 Å². The maximum Gasteiger partial charge on any atom is 0.232 e. The summed E-state index contributed by atoms with van der Waals surface area (Å²) in [5.74, 6) is 0.505. The van der Waals surface area contributed by atoms with Crippen LogP contribution in [0.4, 0.5) is 11.5 Å². The van der Waals surface area contributed by atoms with Crippen molar-refractivity contribution in [2.24, 2.45) is 0 Å². The average Bonchev–Trinajstić information content (AvgIpc) is 2.85. The van der Waals surface area contributed by atoms with Crippen LogP contribution in [0.1, 0.15) is 12.2 Å². The number of rotatable bonds is 6. The zero-order valence-electron chi connectivity index (χ0n) is 12.6. The van der Waals surface area contributed by atoms with Crippen LogP contribution in [-0.2, 0) is 14.8 Å². The van der Waals surface area contributed by atoms with Gasteiger partial charge in [0.15, 0.2) is 5.82 Å². The lowest BCUT2D eigenvalue weighted by atomic mass is 10.3. The quantitative estimate of drug-likeness (QED) is 0.857. The number of aryl methyl sites for hydroxylation is 1. The fourth-order valence-electron chi connectivity index (χ4n) is 1.93. The van der Waals surface area contributed by atoms with E-state index in [1.165, 1.54) is 0 Å². The summed E-state index contributed by atoms with van der Waals surface area (Å²) in [7, 11) is -3.52. The van der Waals surface area contributed by atoms with Crippen LogP contribution in [0.2, 0.25) is 5.02 Å². The molecule has 1 aromatic carbocycles. The molecule has 0 spiro atoms. The van der Waals surface area contributed by atoms with Crippen molar-refractivity contribution in [1.29, 1.82) is 0 Å². The number of sulfonamides is 1. The molecular weight excluding hydrogens is 342 g/mol. The summed E-state index contributed by atoms with van der Waals surface area (Å²) < 4.78 is 29.8. The maximum atomic E-state index is 11.9. The van der Waals surface area contributed by atoms with E-state index in [1.54, 1.807) is 37.3 Å². The van der Waals surface area contributed by atoms with Gasteiger partial charge in [-0.3, -0.25) is 9.10 Å². The lowest BCUT2D eigenvalue weighted by Gasteiger charge is -2.22. The number of benzene rings is 1. The molecule has 1 amide bonds. The lowest BCUT2D eigenvalue weighted by Crippen LogP contribution is -2.33. The Hall–Kier alpha value is -2.06. The Labute approximate surface area is 139 Å².